The smallest absolute Gasteiger partial charge is 0.127 e. The van der Waals surface area contributed by atoms with E-state index in [-0.39, 0.29) is 11.3 Å². The monoisotopic (exact) mass is 234 g/mol. The van der Waals surface area contributed by atoms with Crippen LogP contribution in [0.1, 0.15) is 33.6 Å². The van der Waals surface area contributed by atoms with E-state index in [4.69, 9.17) is 29.6 Å². The highest BCUT2D eigenvalue weighted by Crippen LogP contribution is 2.70. The summed E-state index contributed by atoms with van der Waals surface area (Å²) in [5, 5.41) is 9.62. The fraction of sp³-hybridized carbons (Fsp3) is 0.818. The molecule has 0 saturated heterocycles. The van der Waals surface area contributed by atoms with E-state index < -0.39 is 9.93 Å². The number of hydrogen-bond donors (Lipinski definition) is 1. The minimum absolute atomic E-state index is 0.0687. The van der Waals surface area contributed by atoms with Gasteiger partial charge >= 0.3 is 0 Å². The first-order valence-corrected chi connectivity index (χ1v) is 5.49. The fourth-order valence-electron chi connectivity index (χ4n) is 1.80. The van der Waals surface area contributed by atoms with Gasteiger partial charge in [-0.2, -0.15) is 0 Å². The van der Waals surface area contributed by atoms with Gasteiger partial charge in [-0.1, -0.05) is 19.8 Å². The molecule has 1 nitrogen and oxygen atoms in total. The predicted octanol–water partition coefficient (Wildman–Crippen LogP) is 2.98. The maximum absolute atomic E-state index is 9.62. The van der Waals surface area contributed by atoms with Gasteiger partial charge in [0.05, 0.1) is 0 Å². The summed E-state index contributed by atoms with van der Waals surface area (Å²) < 4.78 is -0.655. The minimum atomic E-state index is -1.04. The van der Waals surface area contributed by atoms with Crippen molar-refractivity contribution >= 4 is 23.2 Å². The Morgan fingerprint density at radius 3 is 2.21 bits per heavy atom. The van der Waals surface area contributed by atoms with E-state index in [1.165, 1.54) is 0 Å². The molecule has 0 aromatic rings. The van der Waals surface area contributed by atoms with Crippen molar-refractivity contribution in [3.8, 4) is 12.3 Å². The predicted molar refractivity (Wildman–Crippen MR) is 60.4 cm³/mol. The zero-order valence-corrected chi connectivity index (χ0v) is 10.3. The Morgan fingerprint density at radius 2 is 1.93 bits per heavy atom. The lowest BCUT2D eigenvalue weighted by atomic mass is 9.97. The van der Waals surface area contributed by atoms with Crippen LogP contribution in [-0.4, -0.2) is 15.0 Å². The third-order valence-corrected chi connectivity index (χ3v) is 4.82. The van der Waals surface area contributed by atoms with Gasteiger partial charge in [0.25, 0.3) is 0 Å². The molecule has 2 atom stereocenters. The topological polar surface area (TPSA) is 20.2 Å². The summed E-state index contributed by atoms with van der Waals surface area (Å²) in [7, 11) is 0. The molecule has 0 bridgehead atoms. The number of rotatable bonds is 3. The first-order valence-electron chi connectivity index (χ1n) is 4.73. The van der Waals surface area contributed by atoms with Crippen molar-refractivity contribution in [2.45, 2.75) is 43.5 Å². The number of terminal acetylenes is 1. The molecule has 1 saturated carbocycles. The quantitative estimate of drug-likeness (QED) is 0.589. The zero-order chi connectivity index (χ0) is 11.2. The van der Waals surface area contributed by atoms with E-state index in [0.717, 1.165) is 6.42 Å². The molecule has 1 fully saturated rings. The van der Waals surface area contributed by atoms with Crippen LogP contribution in [0, 0.1) is 23.7 Å². The summed E-state index contributed by atoms with van der Waals surface area (Å²) in [4.78, 5) is 0. The Bertz CT molecular complexity index is 260. The van der Waals surface area contributed by atoms with Gasteiger partial charge in [0, 0.05) is 11.3 Å². The van der Waals surface area contributed by atoms with Crippen LogP contribution in [0.15, 0.2) is 0 Å². The molecule has 0 aromatic carbocycles. The fourth-order valence-corrected chi connectivity index (χ4v) is 2.72. The molecule has 14 heavy (non-hydrogen) atoms. The van der Waals surface area contributed by atoms with Crippen molar-refractivity contribution < 1.29 is 5.11 Å². The Hall–Kier alpha value is 0.100. The van der Waals surface area contributed by atoms with Gasteiger partial charge in [-0.25, -0.2) is 0 Å². The van der Waals surface area contributed by atoms with Crippen molar-refractivity contribution in [3.63, 3.8) is 0 Å². The Morgan fingerprint density at radius 1 is 1.50 bits per heavy atom. The van der Waals surface area contributed by atoms with Crippen LogP contribution in [0.3, 0.4) is 0 Å². The van der Waals surface area contributed by atoms with Crippen molar-refractivity contribution in [2.75, 3.05) is 0 Å². The Kier molecular flexibility index (Phi) is 2.87. The van der Waals surface area contributed by atoms with Gasteiger partial charge < -0.3 is 5.11 Å². The largest absolute Gasteiger partial charge is 0.378 e. The number of alkyl halides is 2. The third kappa shape index (κ3) is 1.89. The average molecular weight is 235 g/mol. The molecule has 0 radical (unpaired) electrons. The van der Waals surface area contributed by atoms with E-state index >= 15 is 0 Å². The molecular weight excluding hydrogens is 219 g/mol. The molecule has 1 aliphatic rings. The molecule has 2 unspecified atom stereocenters. The second-order valence-corrected chi connectivity index (χ2v) is 6.24. The van der Waals surface area contributed by atoms with Crippen LogP contribution >= 0.6 is 23.2 Å². The Labute approximate surface area is 95.8 Å². The highest BCUT2D eigenvalue weighted by Gasteiger charge is 2.69. The maximum Gasteiger partial charge on any atom is 0.127 e. The molecule has 80 valence electrons. The van der Waals surface area contributed by atoms with Gasteiger partial charge in [-0.05, 0) is 19.8 Å². The number of aliphatic hydroxyl groups is 1. The molecule has 0 aliphatic heterocycles. The van der Waals surface area contributed by atoms with Crippen molar-refractivity contribution in [3.05, 3.63) is 0 Å². The van der Waals surface area contributed by atoms with Crippen LogP contribution in [0.25, 0.3) is 0 Å². The summed E-state index contributed by atoms with van der Waals surface area (Å²) in [6.07, 6.45) is 6.48. The van der Waals surface area contributed by atoms with Crippen LogP contribution in [0.2, 0.25) is 0 Å². The van der Waals surface area contributed by atoms with Gasteiger partial charge in [0.1, 0.15) is 9.93 Å². The summed E-state index contributed by atoms with van der Waals surface area (Å²) >= 11 is 12.2. The van der Waals surface area contributed by atoms with E-state index in [0.29, 0.717) is 6.42 Å². The molecule has 0 heterocycles. The molecule has 3 heteroatoms. The molecule has 0 aromatic heterocycles. The Balaban J connectivity index is 2.48. The second kappa shape index (κ2) is 3.30. The standard InChI is InChI=1S/C11H16Cl2O/c1-5-10(4,14)7-6-8-9(2,3)11(8,12)13/h1,8,14H,6-7H2,2-4H3. The maximum atomic E-state index is 9.62. The highest BCUT2D eigenvalue weighted by molar-refractivity contribution is 6.51. The van der Waals surface area contributed by atoms with Crippen LogP contribution in [-0.2, 0) is 0 Å². The minimum Gasteiger partial charge on any atom is -0.378 e. The molecular formula is C11H16Cl2O. The van der Waals surface area contributed by atoms with Gasteiger partial charge in [0.15, 0.2) is 0 Å². The SMILES string of the molecule is C#CC(C)(O)CCC1C(C)(C)C1(Cl)Cl. The number of hydrogen-bond acceptors (Lipinski definition) is 1. The van der Waals surface area contributed by atoms with Crippen molar-refractivity contribution in [1.29, 1.82) is 0 Å². The van der Waals surface area contributed by atoms with Crippen LogP contribution in [0.4, 0.5) is 0 Å². The van der Waals surface area contributed by atoms with Crippen molar-refractivity contribution in [1.82, 2.24) is 0 Å². The lowest BCUT2D eigenvalue weighted by Crippen LogP contribution is -2.21. The lowest BCUT2D eigenvalue weighted by molar-refractivity contribution is 0.107. The first-order chi connectivity index (χ1) is 6.15. The molecule has 1 N–H and O–H groups in total. The molecule has 0 spiro atoms. The van der Waals surface area contributed by atoms with Crippen LogP contribution in [0.5, 0.6) is 0 Å². The van der Waals surface area contributed by atoms with E-state index in [9.17, 15) is 5.11 Å². The second-order valence-electron chi connectivity index (χ2n) is 4.85. The summed E-state index contributed by atoms with van der Waals surface area (Å²) in [5.74, 6) is 2.57. The van der Waals surface area contributed by atoms with Crippen molar-refractivity contribution in [2.24, 2.45) is 11.3 Å². The van der Waals surface area contributed by atoms with E-state index in [1.807, 2.05) is 13.8 Å². The molecule has 1 rings (SSSR count). The van der Waals surface area contributed by atoms with E-state index in [1.54, 1.807) is 6.92 Å². The normalized spacial score (nSPS) is 31.6. The highest BCUT2D eigenvalue weighted by atomic mass is 35.5. The molecule has 0 amide bonds. The lowest BCUT2D eigenvalue weighted by Gasteiger charge is -2.15. The average Bonchev–Trinajstić information content (AvgIpc) is 2.41. The summed E-state index contributed by atoms with van der Waals surface area (Å²) in [5.41, 5.74) is -1.11. The van der Waals surface area contributed by atoms with E-state index in [2.05, 4.69) is 5.92 Å². The van der Waals surface area contributed by atoms with Gasteiger partial charge in [0.2, 0.25) is 0 Å². The van der Waals surface area contributed by atoms with Gasteiger partial charge in [-0.15, -0.1) is 29.6 Å². The summed E-state index contributed by atoms with van der Waals surface area (Å²) in [6, 6.07) is 0. The number of halogens is 2. The van der Waals surface area contributed by atoms with Gasteiger partial charge in [-0.3, -0.25) is 0 Å². The third-order valence-electron chi connectivity index (χ3n) is 3.32. The zero-order valence-electron chi connectivity index (χ0n) is 8.77. The summed E-state index contributed by atoms with van der Waals surface area (Å²) in [6.45, 7) is 5.69. The molecule has 1 aliphatic carbocycles. The van der Waals surface area contributed by atoms with Crippen LogP contribution < -0.4 is 0 Å². The first kappa shape index (κ1) is 12.2.